The van der Waals surface area contributed by atoms with Crippen LogP contribution in [0.4, 0.5) is 0 Å². The minimum Gasteiger partial charge on any atom is -0.502 e. The largest absolute Gasteiger partial charge is 0.502 e. The average molecular weight is 289 g/mol. The molecule has 0 fully saturated rings. The van der Waals surface area contributed by atoms with Crippen LogP contribution in [0.3, 0.4) is 0 Å². The smallest absolute Gasteiger partial charge is 0.371 e. The molecule has 102 valence electrons. The standard InChI is InChI=1S/C14H11NO4S/c16-11(7-12(17)14(18)19)13-15-10(8-20-13)6-9-4-2-1-3-5-9/h1-5,7-8,17H,6H2,(H,18,19)/b12-7-. The van der Waals surface area contributed by atoms with Crippen LogP contribution in [0, 0.1) is 0 Å². The van der Waals surface area contributed by atoms with E-state index in [2.05, 4.69) is 4.98 Å². The monoisotopic (exact) mass is 289 g/mol. The van der Waals surface area contributed by atoms with Gasteiger partial charge in [-0.1, -0.05) is 30.3 Å². The minimum absolute atomic E-state index is 0.156. The second kappa shape index (κ2) is 6.12. The second-order valence-electron chi connectivity index (χ2n) is 4.01. The molecule has 2 N–H and O–H groups in total. The Morgan fingerprint density at radius 2 is 1.90 bits per heavy atom. The van der Waals surface area contributed by atoms with Gasteiger partial charge in [-0.3, -0.25) is 4.79 Å². The van der Waals surface area contributed by atoms with E-state index in [1.54, 1.807) is 5.38 Å². The van der Waals surface area contributed by atoms with E-state index in [-0.39, 0.29) is 5.01 Å². The summed E-state index contributed by atoms with van der Waals surface area (Å²) in [5.41, 5.74) is 1.80. The Morgan fingerprint density at radius 3 is 2.55 bits per heavy atom. The van der Waals surface area contributed by atoms with E-state index < -0.39 is 17.5 Å². The lowest BCUT2D eigenvalue weighted by atomic mass is 10.1. The van der Waals surface area contributed by atoms with Crippen LogP contribution in [0.25, 0.3) is 0 Å². The number of thiazole rings is 1. The molecule has 1 aromatic heterocycles. The number of aliphatic hydroxyl groups is 1. The van der Waals surface area contributed by atoms with Gasteiger partial charge in [0.25, 0.3) is 0 Å². The van der Waals surface area contributed by atoms with Gasteiger partial charge in [0, 0.05) is 17.9 Å². The maximum absolute atomic E-state index is 11.7. The van der Waals surface area contributed by atoms with Gasteiger partial charge in [0.15, 0.2) is 5.01 Å². The molecule has 0 aliphatic rings. The first-order valence-electron chi connectivity index (χ1n) is 5.73. The number of carbonyl (C=O) groups excluding carboxylic acids is 1. The number of aromatic nitrogens is 1. The fraction of sp³-hybridized carbons (Fsp3) is 0.0714. The first-order chi connectivity index (χ1) is 9.56. The van der Waals surface area contributed by atoms with Crippen LogP contribution in [-0.4, -0.2) is 26.9 Å². The van der Waals surface area contributed by atoms with Gasteiger partial charge in [-0.2, -0.15) is 0 Å². The zero-order chi connectivity index (χ0) is 14.5. The molecule has 0 aliphatic carbocycles. The van der Waals surface area contributed by atoms with Crippen molar-refractivity contribution in [3.63, 3.8) is 0 Å². The molecule has 2 rings (SSSR count). The highest BCUT2D eigenvalue weighted by molar-refractivity contribution is 7.11. The van der Waals surface area contributed by atoms with Crippen LogP contribution in [-0.2, 0) is 11.2 Å². The normalized spacial score (nSPS) is 11.3. The lowest BCUT2D eigenvalue weighted by Gasteiger charge is -1.96. The number of aliphatic carboxylic acids is 1. The molecule has 0 saturated carbocycles. The highest BCUT2D eigenvalue weighted by atomic mass is 32.1. The third-order valence-corrected chi connectivity index (χ3v) is 3.38. The molecule has 1 aromatic carbocycles. The Hall–Kier alpha value is -2.47. The quantitative estimate of drug-likeness (QED) is 0.501. The highest BCUT2D eigenvalue weighted by Gasteiger charge is 2.13. The molecule has 0 aliphatic heterocycles. The van der Waals surface area contributed by atoms with Crippen molar-refractivity contribution in [2.24, 2.45) is 0 Å². The Kier molecular flexibility index (Phi) is 4.27. The third kappa shape index (κ3) is 3.52. The van der Waals surface area contributed by atoms with Crippen LogP contribution in [0.5, 0.6) is 0 Å². The van der Waals surface area contributed by atoms with Crippen LogP contribution in [0.2, 0.25) is 0 Å². The SMILES string of the molecule is O=C(O)/C(O)=C/C(=O)c1nc(Cc2ccccc2)cs1. The number of carboxylic acid groups (broad SMARTS) is 1. The summed E-state index contributed by atoms with van der Waals surface area (Å²) in [6.07, 6.45) is 1.26. The molecule has 0 saturated heterocycles. The Bertz CT molecular complexity index is 661. The van der Waals surface area contributed by atoms with Crippen LogP contribution in [0.1, 0.15) is 21.1 Å². The zero-order valence-corrected chi connectivity index (χ0v) is 11.1. The van der Waals surface area contributed by atoms with Gasteiger partial charge in [0.05, 0.1) is 5.69 Å². The number of rotatable bonds is 5. The fourth-order valence-electron chi connectivity index (χ4n) is 1.55. The number of benzene rings is 1. The van der Waals surface area contributed by atoms with E-state index in [0.717, 1.165) is 22.6 Å². The molecule has 2 aromatic rings. The predicted molar refractivity (Wildman–Crippen MR) is 74.0 cm³/mol. The minimum atomic E-state index is -1.54. The van der Waals surface area contributed by atoms with Gasteiger partial charge in [0.2, 0.25) is 11.5 Å². The van der Waals surface area contributed by atoms with Crippen molar-refractivity contribution < 1.29 is 19.8 Å². The van der Waals surface area contributed by atoms with E-state index in [1.807, 2.05) is 30.3 Å². The lowest BCUT2D eigenvalue weighted by molar-refractivity contribution is -0.135. The third-order valence-electron chi connectivity index (χ3n) is 2.48. The molecular weight excluding hydrogens is 278 g/mol. The number of hydrogen-bond acceptors (Lipinski definition) is 5. The van der Waals surface area contributed by atoms with E-state index >= 15 is 0 Å². The van der Waals surface area contributed by atoms with E-state index in [9.17, 15) is 9.59 Å². The first kappa shape index (κ1) is 14.0. The van der Waals surface area contributed by atoms with Crippen LogP contribution in [0.15, 0.2) is 47.5 Å². The van der Waals surface area contributed by atoms with Gasteiger partial charge in [-0.25, -0.2) is 9.78 Å². The lowest BCUT2D eigenvalue weighted by Crippen LogP contribution is -2.04. The topological polar surface area (TPSA) is 87.5 Å². The number of carbonyl (C=O) groups is 2. The summed E-state index contributed by atoms with van der Waals surface area (Å²) in [7, 11) is 0. The van der Waals surface area contributed by atoms with Crippen molar-refractivity contribution >= 4 is 23.1 Å². The van der Waals surface area contributed by atoms with Crippen LogP contribution < -0.4 is 0 Å². The highest BCUT2D eigenvalue weighted by Crippen LogP contribution is 2.15. The van der Waals surface area contributed by atoms with Gasteiger partial charge in [-0.05, 0) is 5.56 Å². The summed E-state index contributed by atoms with van der Waals surface area (Å²) < 4.78 is 0. The molecule has 0 spiro atoms. The Labute approximate surface area is 118 Å². The average Bonchev–Trinajstić information content (AvgIpc) is 2.88. The summed E-state index contributed by atoms with van der Waals surface area (Å²) in [5, 5.41) is 19.4. The molecule has 6 heteroatoms. The van der Waals surface area contributed by atoms with Crippen molar-refractivity contribution in [3.8, 4) is 0 Å². The number of hydrogen-bond donors (Lipinski definition) is 2. The molecule has 0 unspecified atom stereocenters. The summed E-state index contributed by atoms with van der Waals surface area (Å²) >= 11 is 1.12. The molecule has 1 heterocycles. The molecule has 0 atom stereocenters. The summed E-state index contributed by atoms with van der Waals surface area (Å²) in [4.78, 5) is 26.2. The van der Waals surface area contributed by atoms with E-state index in [1.165, 1.54) is 0 Å². The summed E-state index contributed by atoms with van der Waals surface area (Å²) in [6, 6.07) is 9.66. The predicted octanol–water partition coefficient (Wildman–Crippen LogP) is 2.44. The molecule has 0 amide bonds. The van der Waals surface area contributed by atoms with Gasteiger partial charge in [-0.15, -0.1) is 11.3 Å². The first-order valence-corrected chi connectivity index (χ1v) is 6.61. The molecule has 0 radical (unpaired) electrons. The Balaban J connectivity index is 2.11. The van der Waals surface area contributed by atoms with Gasteiger partial charge in [0.1, 0.15) is 0 Å². The van der Waals surface area contributed by atoms with Gasteiger partial charge >= 0.3 is 5.97 Å². The summed E-state index contributed by atoms with van der Waals surface area (Å²) in [5.74, 6) is -3.15. The van der Waals surface area contributed by atoms with Crippen molar-refractivity contribution in [1.82, 2.24) is 4.98 Å². The molecule has 20 heavy (non-hydrogen) atoms. The number of nitrogens with zero attached hydrogens (tertiary/aromatic N) is 1. The number of aliphatic hydroxyl groups excluding tert-OH is 1. The van der Waals surface area contributed by atoms with E-state index in [4.69, 9.17) is 10.2 Å². The number of ketones is 1. The molecular formula is C14H11NO4S. The molecule has 5 nitrogen and oxygen atoms in total. The van der Waals surface area contributed by atoms with Crippen molar-refractivity contribution in [2.45, 2.75) is 6.42 Å². The molecule has 0 bridgehead atoms. The zero-order valence-electron chi connectivity index (χ0n) is 10.3. The van der Waals surface area contributed by atoms with Crippen molar-refractivity contribution in [3.05, 3.63) is 63.8 Å². The van der Waals surface area contributed by atoms with Gasteiger partial charge < -0.3 is 10.2 Å². The Morgan fingerprint density at radius 1 is 1.20 bits per heavy atom. The van der Waals surface area contributed by atoms with Crippen LogP contribution >= 0.6 is 11.3 Å². The number of carboxylic acids is 1. The summed E-state index contributed by atoms with van der Waals surface area (Å²) in [6.45, 7) is 0. The van der Waals surface area contributed by atoms with Crippen molar-refractivity contribution in [1.29, 1.82) is 0 Å². The second-order valence-corrected chi connectivity index (χ2v) is 4.86. The maximum atomic E-state index is 11.7. The maximum Gasteiger partial charge on any atom is 0.371 e. The fourth-order valence-corrected chi connectivity index (χ4v) is 2.28. The van der Waals surface area contributed by atoms with Crippen molar-refractivity contribution in [2.75, 3.05) is 0 Å². The number of allylic oxidation sites excluding steroid dienone is 1. The van der Waals surface area contributed by atoms with E-state index in [0.29, 0.717) is 12.5 Å².